The van der Waals surface area contributed by atoms with E-state index < -0.39 is 0 Å². The second-order valence-corrected chi connectivity index (χ2v) is 7.81. The van der Waals surface area contributed by atoms with E-state index in [2.05, 4.69) is 26.1 Å². The molecule has 0 radical (unpaired) electrons. The van der Waals surface area contributed by atoms with Gasteiger partial charge >= 0.3 is 0 Å². The van der Waals surface area contributed by atoms with Crippen molar-refractivity contribution in [1.82, 2.24) is 0 Å². The van der Waals surface area contributed by atoms with Gasteiger partial charge in [-0.1, -0.05) is 11.6 Å². The minimum absolute atomic E-state index is 0.103. The van der Waals surface area contributed by atoms with Crippen LogP contribution in [0.3, 0.4) is 0 Å². The largest absolute Gasteiger partial charge is 0.370 e. The van der Waals surface area contributed by atoms with E-state index in [1.54, 1.807) is 0 Å². The Morgan fingerprint density at radius 3 is 2.67 bits per heavy atom. The average molecular weight is 386 g/mol. The summed E-state index contributed by atoms with van der Waals surface area (Å²) >= 11 is 10.9. The van der Waals surface area contributed by atoms with Crippen LogP contribution in [-0.4, -0.2) is 19.0 Å². The van der Waals surface area contributed by atoms with Crippen molar-refractivity contribution in [1.29, 1.82) is 0 Å². The molecule has 1 fully saturated rings. The monoisotopic (exact) mass is 384 g/mol. The van der Waals surface area contributed by atoms with Crippen molar-refractivity contribution in [3.05, 3.63) is 44.0 Å². The first-order valence-corrected chi connectivity index (χ1v) is 8.73. The van der Waals surface area contributed by atoms with E-state index in [1.165, 1.54) is 24.2 Å². The van der Waals surface area contributed by atoms with Gasteiger partial charge in [0.05, 0.1) is 20.0 Å². The molecule has 3 rings (SSSR count). The minimum Gasteiger partial charge on any atom is -0.370 e. The van der Waals surface area contributed by atoms with E-state index in [0.717, 1.165) is 28.3 Å². The number of thiophene rings is 1. The first-order chi connectivity index (χ1) is 10.1. The zero-order valence-corrected chi connectivity index (χ0v) is 14.4. The van der Waals surface area contributed by atoms with Crippen molar-refractivity contribution >= 4 is 56.1 Å². The minimum atomic E-state index is -0.103. The highest BCUT2D eigenvalue weighted by atomic mass is 79.9. The van der Waals surface area contributed by atoms with Gasteiger partial charge in [-0.25, -0.2) is 0 Å². The lowest BCUT2D eigenvalue weighted by molar-refractivity contribution is 0.103. The molecule has 1 N–H and O–H groups in total. The van der Waals surface area contributed by atoms with Gasteiger partial charge in [0, 0.05) is 18.1 Å². The van der Waals surface area contributed by atoms with Gasteiger partial charge in [-0.05, 0) is 59.1 Å². The summed E-state index contributed by atoms with van der Waals surface area (Å²) in [6, 6.07) is 9.35. The zero-order chi connectivity index (χ0) is 14.8. The number of hydrogen-bond donors (Lipinski definition) is 1. The Morgan fingerprint density at radius 1 is 1.24 bits per heavy atom. The van der Waals surface area contributed by atoms with Crippen LogP contribution in [0.4, 0.5) is 11.4 Å². The first-order valence-electron chi connectivity index (χ1n) is 6.75. The summed E-state index contributed by atoms with van der Waals surface area (Å²) in [7, 11) is 0. The molecular weight excluding hydrogens is 372 g/mol. The standard InChI is InChI=1S/C15H14BrClN2OS/c16-14-6-5-13(21-14)15(20)18-11-9-10(17)3-4-12(11)19-7-1-2-8-19/h3-6,9H,1-2,7-8H2,(H,18,20). The third-order valence-corrected chi connectivity index (χ3v) is 5.31. The Hall–Kier alpha value is -1.04. The quantitative estimate of drug-likeness (QED) is 0.805. The van der Waals surface area contributed by atoms with Crippen molar-refractivity contribution in [3.8, 4) is 0 Å². The summed E-state index contributed by atoms with van der Waals surface area (Å²) in [4.78, 5) is 15.3. The van der Waals surface area contributed by atoms with Crippen LogP contribution in [0.25, 0.3) is 0 Å². The van der Waals surface area contributed by atoms with Gasteiger partial charge in [-0.2, -0.15) is 0 Å². The summed E-state index contributed by atoms with van der Waals surface area (Å²) in [5.41, 5.74) is 1.82. The van der Waals surface area contributed by atoms with E-state index in [9.17, 15) is 4.79 Å². The van der Waals surface area contributed by atoms with Gasteiger partial charge in [-0.3, -0.25) is 4.79 Å². The second kappa shape index (κ2) is 6.38. The summed E-state index contributed by atoms with van der Waals surface area (Å²) < 4.78 is 0.943. The van der Waals surface area contributed by atoms with Crippen molar-refractivity contribution in [2.45, 2.75) is 12.8 Å². The van der Waals surface area contributed by atoms with Gasteiger partial charge in [0.25, 0.3) is 5.91 Å². The van der Waals surface area contributed by atoms with Crippen LogP contribution in [0.5, 0.6) is 0 Å². The number of amides is 1. The van der Waals surface area contributed by atoms with Crippen molar-refractivity contribution in [2.24, 2.45) is 0 Å². The van der Waals surface area contributed by atoms with Crippen LogP contribution in [0, 0.1) is 0 Å². The molecule has 1 aliphatic heterocycles. The maximum absolute atomic E-state index is 12.3. The summed E-state index contributed by atoms with van der Waals surface area (Å²) in [5.74, 6) is -0.103. The fourth-order valence-electron chi connectivity index (χ4n) is 2.46. The van der Waals surface area contributed by atoms with E-state index in [4.69, 9.17) is 11.6 Å². The van der Waals surface area contributed by atoms with E-state index >= 15 is 0 Å². The molecule has 1 saturated heterocycles. The zero-order valence-electron chi connectivity index (χ0n) is 11.2. The van der Waals surface area contributed by atoms with Crippen molar-refractivity contribution in [2.75, 3.05) is 23.3 Å². The molecule has 6 heteroatoms. The highest BCUT2D eigenvalue weighted by Gasteiger charge is 2.18. The highest BCUT2D eigenvalue weighted by Crippen LogP contribution is 2.32. The predicted octanol–water partition coefficient (Wildman–Crippen LogP) is 5.02. The number of anilines is 2. The molecule has 1 aliphatic rings. The van der Waals surface area contributed by atoms with E-state index in [1.807, 2.05) is 30.3 Å². The SMILES string of the molecule is O=C(Nc1cc(Cl)ccc1N1CCCC1)c1ccc(Br)s1. The molecule has 1 amide bonds. The maximum Gasteiger partial charge on any atom is 0.265 e. The average Bonchev–Trinajstić information content (AvgIpc) is 3.10. The lowest BCUT2D eigenvalue weighted by Gasteiger charge is -2.21. The molecule has 0 aliphatic carbocycles. The molecule has 0 saturated carbocycles. The Bertz CT molecular complexity index is 667. The van der Waals surface area contributed by atoms with Crippen LogP contribution in [0.2, 0.25) is 5.02 Å². The van der Waals surface area contributed by atoms with Gasteiger partial charge in [0.15, 0.2) is 0 Å². The predicted molar refractivity (Wildman–Crippen MR) is 92.9 cm³/mol. The summed E-state index contributed by atoms with van der Waals surface area (Å²) in [5, 5.41) is 3.61. The molecular formula is C15H14BrClN2OS. The van der Waals surface area contributed by atoms with Crippen LogP contribution in [0.1, 0.15) is 22.5 Å². The van der Waals surface area contributed by atoms with Gasteiger partial charge in [0.2, 0.25) is 0 Å². The Labute approximate surface area is 141 Å². The fraction of sp³-hybridized carbons (Fsp3) is 0.267. The highest BCUT2D eigenvalue weighted by molar-refractivity contribution is 9.11. The molecule has 1 aromatic carbocycles. The van der Waals surface area contributed by atoms with Crippen molar-refractivity contribution < 1.29 is 4.79 Å². The molecule has 21 heavy (non-hydrogen) atoms. The molecule has 3 nitrogen and oxygen atoms in total. The Kier molecular flexibility index (Phi) is 4.52. The topological polar surface area (TPSA) is 32.3 Å². The lowest BCUT2D eigenvalue weighted by atomic mass is 10.2. The molecule has 0 bridgehead atoms. The lowest BCUT2D eigenvalue weighted by Crippen LogP contribution is -2.20. The number of carbonyl (C=O) groups excluding carboxylic acids is 1. The van der Waals surface area contributed by atoms with Crippen LogP contribution < -0.4 is 10.2 Å². The number of hydrogen-bond acceptors (Lipinski definition) is 3. The Morgan fingerprint density at radius 2 is 2.00 bits per heavy atom. The van der Waals surface area contributed by atoms with Crippen LogP contribution >= 0.6 is 38.9 Å². The molecule has 0 atom stereocenters. The van der Waals surface area contributed by atoms with Crippen molar-refractivity contribution in [3.63, 3.8) is 0 Å². The van der Waals surface area contributed by atoms with Gasteiger partial charge in [-0.15, -0.1) is 11.3 Å². The normalized spacial score (nSPS) is 14.5. The smallest absolute Gasteiger partial charge is 0.265 e. The summed E-state index contributed by atoms with van der Waals surface area (Å²) in [6.45, 7) is 2.05. The van der Waals surface area contributed by atoms with Gasteiger partial charge < -0.3 is 10.2 Å². The van der Waals surface area contributed by atoms with E-state index in [-0.39, 0.29) is 5.91 Å². The molecule has 2 aromatic rings. The molecule has 110 valence electrons. The molecule has 0 spiro atoms. The number of nitrogens with zero attached hydrogens (tertiary/aromatic N) is 1. The third-order valence-electron chi connectivity index (χ3n) is 3.45. The Balaban J connectivity index is 1.86. The second-order valence-electron chi connectivity index (χ2n) is 4.91. The molecule has 2 heterocycles. The van der Waals surface area contributed by atoms with E-state index in [0.29, 0.717) is 9.90 Å². The van der Waals surface area contributed by atoms with Crippen LogP contribution in [-0.2, 0) is 0 Å². The number of rotatable bonds is 3. The number of halogens is 2. The summed E-state index contributed by atoms with van der Waals surface area (Å²) in [6.07, 6.45) is 2.38. The van der Waals surface area contributed by atoms with Gasteiger partial charge in [0.1, 0.15) is 0 Å². The molecule has 0 unspecified atom stereocenters. The first kappa shape index (κ1) is 14.9. The number of nitrogens with one attached hydrogen (secondary N) is 1. The van der Waals surface area contributed by atoms with Crippen LogP contribution in [0.15, 0.2) is 34.1 Å². The fourth-order valence-corrected chi connectivity index (χ4v) is 3.92. The number of benzene rings is 1. The molecule has 1 aromatic heterocycles. The maximum atomic E-state index is 12.3. The number of carbonyl (C=O) groups is 1. The third kappa shape index (κ3) is 3.42.